The number of amides is 1. The van der Waals surface area contributed by atoms with Gasteiger partial charge in [-0.05, 0) is 61.4 Å². The molecule has 0 bridgehead atoms. The predicted octanol–water partition coefficient (Wildman–Crippen LogP) is 5.77. The molecular weight excluding hydrogens is 466 g/mol. The molecule has 0 atom stereocenters. The number of hydrogen-bond acceptors (Lipinski definition) is 5. The molecule has 3 aromatic carbocycles. The number of methoxy groups -OCH3 is 2. The second-order valence-electron chi connectivity index (χ2n) is 8.60. The summed E-state index contributed by atoms with van der Waals surface area (Å²) in [5.41, 5.74) is 4.82. The fourth-order valence-corrected chi connectivity index (χ4v) is 4.46. The van der Waals surface area contributed by atoms with Crippen LogP contribution < -0.4 is 19.5 Å². The number of aromatic nitrogens is 2. The summed E-state index contributed by atoms with van der Waals surface area (Å²) in [6, 6.07) is 23.4. The van der Waals surface area contributed by atoms with E-state index in [2.05, 4.69) is 10.3 Å². The van der Waals surface area contributed by atoms with Crippen molar-refractivity contribution >= 4 is 27.7 Å². The van der Waals surface area contributed by atoms with Crippen LogP contribution in [0.5, 0.6) is 17.2 Å². The number of hydrogen-bond donors (Lipinski definition) is 2. The second-order valence-corrected chi connectivity index (χ2v) is 8.60. The topological polar surface area (TPSA) is 85.5 Å². The number of H-pyrrole nitrogens is 1. The van der Waals surface area contributed by atoms with Gasteiger partial charge in [-0.15, -0.1) is 0 Å². The molecule has 7 heteroatoms. The Bertz CT molecular complexity index is 1560. The lowest BCUT2D eigenvalue weighted by Crippen LogP contribution is -2.26. The molecule has 0 saturated carbocycles. The minimum atomic E-state index is -0.222. The van der Waals surface area contributed by atoms with Crippen molar-refractivity contribution in [2.24, 2.45) is 0 Å². The van der Waals surface area contributed by atoms with Crippen LogP contribution in [0.4, 0.5) is 0 Å². The predicted molar refractivity (Wildman–Crippen MR) is 146 cm³/mol. The summed E-state index contributed by atoms with van der Waals surface area (Å²) < 4.78 is 16.5. The average Bonchev–Trinajstić information content (AvgIpc) is 3.32. The van der Waals surface area contributed by atoms with Crippen molar-refractivity contribution in [2.45, 2.75) is 13.3 Å². The van der Waals surface area contributed by atoms with Gasteiger partial charge in [0.1, 0.15) is 11.4 Å². The van der Waals surface area contributed by atoms with E-state index >= 15 is 0 Å². The second kappa shape index (κ2) is 10.6. The lowest BCUT2D eigenvalue weighted by molar-refractivity contribution is 0.0949. The van der Waals surface area contributed by atoms with Gasteiger partial charge in [-0.3, -0.25) is 4.79 Å². The zero-order chi connectivity index (χ0) is 25.8. The van der Waals surface area contributed by atoms with Crippen LogP contribution >= 0.6 is 0 Å². The molecule has 5 rings (SSSR count). The highest BCUT2D eigenvalue weighted by molar-refractivity contribution is 6.13. The number of fused-ring (bicyclic) bond motifs is 3. The third-order valence-electron chi connectivity index (χ3n) is 6.32. The highest BCUT2D eigenvalue weighted by Crippen LogP contribution is 2.37. The number of carbonyl (C=O) groups excluding carboxylic acids is 1. The minimum absolute atomic E-state index is 0.222. The summed E-state index contributed by atoms with van der Waals surface area (Å²) in [6.45, 7) is 2.96. The Kier molecular flexibility index (Phi) is 6.94. The number of rotatable bonds is 9. The Balaban J connectivity index is 1.50. The molecule has 37 heavy (non-hydrogen) atoms. The number of ether oxygens (including phenoxy) is 3. The van der Waals surface area contributed by atoms with Crippen LogP contribution in [-0.4, -0.2) is 43.2 Å². The molecule has 2 heterocycles. The summed E-state index contributed by atoms with van der Waals surface area (Å²) in [5.74, 6) is 1.86. The molecule has 188 valence electrons. The van der Waals surface area contributed by atoms with Crippen molar-refractivity contribution in [1.82, 2.24) is 15.3 Å². The van der Waals surface area contributed by atoms with Gasteiger partial charge in [-0.25, -0.2) is 4.98 Å². The molecule has 0 saturated heterocycles. The Labute approximate surface area is 215 Å². The van der Waals surface area contributed by atoms with Gasteiger partial charge in [0.2, 0.25) is 0 Å². The van der Waals surface area contributed by atoms with Gasteiger partial charge in [-0.1, -0.05) is 30.3 Å². The minimum Gasteiger partial charge on any atom is -0.497 e. The Morgan fingerprint density at radius 2 is 1.73 bits per heavy atom. The van der Waals surface area contributed by atoms with Crippen molar-refractivity contribution in [3.8, 4) is 28.5 Å². The van der Waals surface area contributed by atoms with Crippen LogP contribution in [0.1, 0.15) is 23.0 Å². The Morgan fingerprint density at radius 1 is 0.919 bits per heavy atom. The average molecular weight is 496 g/mol. The fourth-order valence-electron chi connectivity index (χ4n) is 4.46. The summed E-state index contributed by atoms with van der Waals surface area (Å²) >= 11 is 0. The molecule has 0 aliphatic rings. The monoisotopic (exact) mass is 495 g/mol. The summed E-state index contributed by atoms with van der Waals surface area (Å²) in [4.78, 5) is 21.5. The van der Waals surface area contributed by atoms with Crippen LogP contribution in [0.2, 0.25) is 0 Å². The molecular formula is C30H29N3O4. The maximum absolute atomic E-state index is 13.2. The molecule has 0 fully saturated rings. The van der Waals surface area contributed by atoms with E-state index in [1.54, 1.807) is 14.2 Å². The van der Waals surface area contributed by atoms with E-state index in [-0.39, 0.29) is 5.91 Å². The number of nitrogens with zero attached hydrogens (tertiary/aromatic N) is 1. The van der Waals surface area contributed by atoms with Gasteiger partial charge in [0, 0.05) is 28.4 Å². The number of nitrogens with one attached hydrogen (secondary N) is 2. The van der Waals surface area contributed by atoms with E-state index in [1.807, 2.05) is 79.7 Å². The van der Waals surface area contributed by atoms with Crippen LogP contribution in [-0.2, 0) is 6.42 Å². The summed E-state index contributed by atoms with van der Waals surface area (Å²) in [5, 5.41) is 4.99. The molecule has 2 aromatic heterocycles. The van der Waals surface area contributed by atoms with Crippen molar-refractivity contribution in [3.63, 3.8) is 0 Å². The van der Waals surface area contributed by atoms with Gasteiger partial charge in [0.25, 0.3) is 5.91 Å². The number of para-hydroxylation sites is 1. The van der Waals surface area contributed by atoms with Crippen LogP contribution in [0.25, 0.3) is 33.1 Å². The zero-order valence-corrected chi connectivity index (χ0v) is 21.1. The molecule has 0 aliphatic heterocycles. The molecule has 2 N–H and O–H groups in total. The molecule has 0 radical (unpaired) electrons. The van der Waals surface area contributed by atoms with E-state index in [0.29, 0.717) is 42.5 Å². The normalized spacial score (nSPS) is 11.0. The Morgan fingerprint density at radius 3 is 2.49 bits per heavy atom. The highest BCUT2D eigenvalue weighted by atomic mass is 16.5. The van der Waals surface area contributed by atoms with Gasteiger partial charge in [0.15, 0.2) is 11.5 Å². The lowest BCUT2D eigenvalue weighted by atomic mass is 10.1. The smallest absolute Gasteiger partial charge is 0.269 e. The maximum atomic E-state index is 13.2. The van der Waals surface area contributed by atoms with Crippen molar-refractivity contribution in [1.29, 1.82) is 0 Å². The van der Waals surface area contributed by atoms with E-state index in [9.17, 15) is 4.79 Å². The van der Waals surface area contributed by atoms with Gasteiger partial charge in [0.05, 0.1) is 32.0 Å². The van der Waals surface area contributed by atoms with Crippen molar-refractivity contribution < 1.29 is 19.0 Å². The molecule has 0 aliphatic carbocycles. The van der Waals surface area contributed by atoms with Crippen molar-refractivity contribution in [3.05, 3.63) is 84.1 Å². The third-order valence-corrected chi connectivity index (χ3v) is 6.32. The van der Waals surface area contributed by atoms with E-state index in [4.69, 9.17) is 19.2 Å². The van der Waals surface area contributed by atoms with E-state index in [0.717, 1.165) is 38.7 Å². The largest absolute Gasteiger partial charge is 0.497 e. The van der Waals surface area contributed by atoms with Gasteiger partial charge >= 0.3 is 0 Å². The first-order valence-electron chi connectivity index (χ1n) is 12.2. The molecule has 5 aromatic rings. The first-order valence-corrected chi connectivity index (χ1v) is 12.2. The first kappa shape index (κ1) is 24.2. The number of pyridine rings is 1. The van der Waals surface area contributed by atoms with Crippen LogP contribution in [0.15, 0.2) is 72.8 Å². The van der Waals surface area contributed by atoms with E-state index in [1.165, 1.54) is 0 Å². The number of carbonyl (C=O) groups is 1. The zero-order valence-electron chi connectivity index (χ0n) is 21.1. The third kappa shape index (κ3) is 4.93. The molecule has 7 nitrogen and oxygen atoms in total. The molecule has 0 unspecified atom stereocenters. The summed E-state index contributed by atoms with van der Waals surface area (Å²) in [7, 11) is 3.25. The van der Waals surface area contributed by atoms with Crippen LogP contribution in [0, 0.1) is 0 Å². The first-order chi connectivity index (χ1) is 18.1. The van der Waals surface area contributed by atoms with Gasteiger partial charge < -0.3 is 24.5 Å². The standard InChI is InChI=1S/C30H29N3O4/c1-4-37-26-14-11-20(17-27(26)36-3)28-29-23(22-7-5-6-8-24(22)32-29)18-25(33-28)30(34)31-16-15-19-9-12-21(35-2)13-10-19/h5-14,17-18,32H,4,15-16H2,1-3H3,(H,31,34). The fraction of sp³-hybridized carbons (Fsp3) is 0.200. The van der Waals surface area contributed by atoms with Crippen LogP contribution in [0.3, 0.4) is 0 Å². The number of aromatic amines is 1. The molecule has 1 amide bonds. The Hall–Kier alpha value is -4.52. The quantitative estimate of drug-likeness (QED) is 0.271. The van der Waals surface area contributed by atoms with Gasteiger partial charge in [-0.2, -0.15) is 0 Å². The number of benzene rings is 3. The molecule has 0 spiro atoms. The SMILES string of the molecule is CCOc1ccc(-c2nc(C(=O)NCCc3ccc(OC)cc3)cc3c2[nH]c2ccccc23)cc1OC. The summed E-state index contributed by atoms with van der Waals surface area (Å²) in [6.07, 6.45) is 0.702. The van der Waals surface area contributed by atoms with E-state index < -0.39 is 0 Å². The highest BCUT2D eigenvalue weighted by Gasteiger charge is 2.18. The lowest BCUT2D eigenvalue weighted by Gasteiger charge is -2.12. The van der Waals surface area contributed by atoms with Crippen molar-refractivity contribution in [2.75, 3.05) is 27.4 Å². The maximum Gasteiger partial charge on any atom is 0.269 e.